The number of rotatable bonds is 3. The summed E-state index contributed by atoms with van der Waals surface area (Å²) in [6.07, 6.45) is 3.22. The zero-order valence-corrected chi connectivity index (χ0v) is 12.9. The van der Waals surface area contributed by atoms with E-state index in [1.54, 1.807) is 18.2 Å². The molecule has 19 heavy (non-hydrogen) atoms. The van der Waals surface area contributed by atoms with E-state index in [1.807, 2.05) is 36.4 Å². The van der Waals surface area contributed by atoms with Crippen molar-refractivity contribution in [3.05, 3.63) is 68.8 Å². The summed E-state index contributed by atoms with van der Waals surface area (Å²) in [5.74, 6) is -0.166. The van der Waals surface area contributed by atoms with Gasteiger partial charge in [-0.05, 0) is 70.6 Å². The average Bonchev–Trinajstić information content (AvgIpc) is 2.39. The van der Waals surface area contributed by atoms with Gasteiger partial charge in [0.2, 0.25) is 5.91 Å². The van der Waals surface area contributed by atoms with E-state index >= 15 is 0 Å². The van der Waals surface area contributed by atoms with Gasteiger partial charge in [-0.15, -0.1) is 0 Å². The van der Waals surface area contributed by atoms with Crippen molar-refractivity contribution < 1.29 is 4.79 Å². The second kappa shape index (κ2) is 6.73. The third kappa shape index (κ3) is 4.69. The molecule has 2 aromatic carbocycles. The first-order chi connectivity index (χ1) is 9.13. The normalized spacial score (nSPS) is 10.6. The van der Waals surface area contributed by atoms with E-state index in [2.05, 4.69) is 27.9 Å². The molecule has 0 aliphatic rings. The maximum absolute atomic E-state index is 11.7. The molecule has 4 heteroatoms. The lowest BCUT2D eigenvalue weighted by molar-refractivity contribution is -0.111. The molecule has 0 saturated heterocycles. The van der Waals surface area contributed by atoms with Crippen LogP contribution in [0.25, 0.3) is 6.08 Å². The molecular formula is C15H11ClINO. The summed E-state index contributed by atoms with van der Waals surface area (Å²) in [4.78, 5) is 11.7. The number of benzene rings is 2. The third-order valence-electron chi connectivity index (χ3n) is 2.39. The number of carbonyl (C=O) groups excluding carboxylic acids is 1. The smallest absolute Gasteiger partial charge is 0.248 e. The van der Waals surface area contributed by atoms with Crippen LogP contribution in [0.3, 0.4) is 0 Å². The molecule has 0 aliphatic heterocycles. The highest BCUT2D eigenvalue weighted by Gasteiger charge is 1.97. The largest absolute Gasteiger partial charge is 0.323 e. The van der Waals surface area contributed by atoms with Gasteiger partial charge >= 0.3 is 0 Å². The Morgan fingerprint density at radius 1 is 1.16 bits per heavy atom. The summed E-state index contributed by atoms with van der Waals surface area (Å²) in [6, 6.07) is 15.0. The monoisotopic (exact) mass is 383 g/mol. The standard InChI is InChI=1S/C15H11ClINO/c16-12-3-1-2-11(10-12)4-9-15(19)18-14-7-5-13(17)6-8-14/h1-10H,(H,18,19)/b9-4+. The Hall–Kier alpha value is -1.33. The second-order valence-electron chi connectivity index (χ2n) is 3.88. The van der Waals surface area contributed by atoms with Crippen molar-refractivity contribution in [2.24, 2.45) is 0 Å². The van der Waals surface area contributed by atoms with E-state index in [9.17, 15) is 4.79 Å². The predicted molar refractivity (Wildman–Crippen MR) is 88.3 cm³/mol. The van der Waals surface area contributed by atoms with Crippen molar-refractivity contribution in [1.82, 2.24) is 0 Å². The lowest BCUT2D eigenvalue weighted by atomic mass is 10.2. The fraction of sp³-hybridized carbons (Fsp3) is 0. The van der Waals surface area contributed by atoms with Gasteiger partial charge in [-0.3, -0.25) is 4.79 Å². The van der Waals surface area contributed by atoms with Gasteiger partial charge in [0.1, 0.15) is 0 Å². The first kappa shape index (κ1) is 14.1. The molecule has 0 bridgehead atoms. The van der Waals surface area contributed by atoms with Gasteiger partial charge < -0.3 is 5.32 Å². The number of carbonyl (C=O) groups is 1. The molecule has 2 aromatic rings. The van der Waals surface area contributed by atoms with Crippen LogP contribution < -0.4 is 5.32 Å². The molecule has 0 heterocycles. The quantitative estimate of drug-likeness (QED) is 0.609. The van der Waals surface area contributed by atoms with Gasteiger partial charge in [0, 0.05) is 20.4 Å². The molecule has 96 valence electrons. The number of hydrogen-bond donors (Lipinski definition) is 1. The third-order valence-corrected chi connectivity index (χ3v) is 3.34. The molecule has 1 N–H and O–H groups in total. The molecule has 0 radical (unpaired) electrons. The number of hydrogen-bond acceptors (Lipinski definition) is 1. The Bertz CT molecular complexity index is 608. The highest BCUT2D eigenvalue weighted by molar-refractivity contribution is 14.1. The molecule has 2 rings (SSSR count). The zero-order chi connectivity index (χ0) is 13.7. The van der Waals surface area contributed by atoms with Crippen LogP contribution in [0.4, 0.5) is 5.69 Å². The van der Waals surface area contributed by atoms with E-state index in [0.717, 1.165) is 14.8 Å². The number of halogens is 2. The summed E-state index contributed by atoms with van der Waals surface area (Å²) in [7, 11) is 0. The summed E-state index contributed by atoms with van der Waals surface area (Å²) in [5, 5.41) is 3.44. The maximum Gasteiger partial charge on any atom is 0.248 e. The van der Waals surface area contributed by atoms with Crippen LogP contribution in [0.5, 0.6) is 0 Å². The first-order valence-electron chi connectivity index (χ1n) is 5.64. The van der Waals surface area contributed by atoms with Crippen LogP contribution in [0.1, 0.15) is 5.56 Å². The average molecular weight is 384 g/mol. The molecule has 0 unspecified atom stereocenters. The minimum absolute atomic E-state index is 0.166. The van der Waals surface area contributed by atoms with E-state index in [-0.39, 0.29) is 5.91 Å². The van der Waals surface area contributed by atoms with Crippen molar-refractivity contribution in [2.45, 2.75) is 0 Å². The van der Waals surface area contributed by atoms with Crippen molar-refractivity contribution >= 4 is 51.9 Å². The van der Waals surface area contributed by atoms with Gasteiger partial charge in [0.15, 0.2) is 0 Å². The first-order valence-corrected chi connectivity index (χ1v) is 7.09. The Morgan fingerprint density at radius 3 is 2.58 bits per heavy atom. The second-order valence-corrected chi connectivity index (χ2v) is 5.57. The van der Waals surface area contributed by atoms with Gasteiger partial charge in [-0.25, -0.2) is 0 Å². The number of nitrogens with one attached hydrogen (secondary N) is 1. The van der Waals surface area contributed by atoms with E-state index in [1.165, 1.54) is 6.08 Å². The predicted octanol–water partition coefficient (Wildman–Crippen LogP) is 4.60. The molecular weight excluding hydrogens is 373 g/mol. The summed E-state index contributed by atoms with van der Waals surface area (Å²) >= 11 is 8.09. The highest BCUT2D eigenvalue weighted by Crippen LogP contribution is 2.13. The van der Waals surface area contributed by atoms with Gasteiger partial charge in [0.05, 0.1) is 0 Å². The Morgan fingerprint density at radius 2 is 1.89 bits per heavy atom. The zero-order valence-electron chi connectivity index (χ0n) is 9.94. The van der Waals surface area contributed by atoms with Crippen molar-refractivity contribution in [1.29, 1.82) is 0 Å². The minimum atomic E-state index is -0.166. The number of amides is 1. The summed E-state index contributed by atoms with van der Waals surface area (Å²) in [5.41, 5.74) is 1.67. The van der Waals surface area contributed by atoms with Crippen molar-refractivity contribution in [3.63, 3.8) is 0 Å². The fourth-order valence-corrected chi connectivity index (χ4v) is 2.06. The molecule has 1 amide bonds. The van der Waals surface area contributed by atoms with Crippen LogP contribution in [-0.2, 0) is 4.79 Å². The van der Waals surface area contributed by atoms with Crippen molar-refractivity contribution in [2.75, 3.05) is 5.32 Å². The SMILES string of the molecule is O=C(/C=C/c1cccc(Cl)c1)Nc1ccc(I)cc1. The molecule has 2 nitrogen and oxygen atoms in total. The minimum Gasteiger partial charge on any atom is -0.323 e. The summed E-state index contributed by atoms with van der Waals surface area (Å²) in [6.45, 7) is 0. The highest BCUT2D eigenvalue weighted by atomic mass is 127. The molecule has 0 atom stereocenters. The maximum atomic E-state index is 11.7. The van der Waals surface area contributed by atoms with E-state index in [0.29, 0.717) is 5.02 Å². The molecule has 0 saturated carbocycles. The van der Waals surface area contributed by atoms with Crippen LogP contribution in [0.2, 0.25) is 5.02 Å². The van der Waals surface area contributed by atoms with Crippen LogP contribution in [0, 0.1) is 3.57 Å². The van der Waals surface area contributed by atoms with Crippen LogP contribution in [-0.4, -0.2) is 5.91 Å². The Balaban J connectivity index is 1.99. The molecule has 0 aromatic heterocycles. The summed E-state index contributed by atoms with van der Waals surface area (Å²) < 4.78 is 1.13. The van der Waals surface area contributed by atoms with Crippen LogP contribution in [0.15, 0.2) is 54.6 Å². The molecule has 0 fully saturated rings. The molecule has 0 spiro atoms. The topological polar surface area (TPSA) is 29.1 Å². The molecule has 0 aliphatic carbocycles. The lowest BCUT2D eigenvalue weighted by Gasteiger charge is -2.01. The van der Waals surface area contributed by atoms with E-state index < -0.39 is 0 Å². The fourth-order valence-electron chi connectivity index (χ4n) is 1.50. The van der Waals surface area contributed by atoms with E-state index in [4.69, 9.17) is 11.6 Å². The van der Waals surface area contributed by atoms with Crippen molar-refractivity contribution in [3.8, 4) is 0 Å². The van der Waals surface area contributed by atoms with Gasteiger partial charge in [-0.1, -0.05) is 23.7 Å². The van der Waals surface area contributed by atoms with Crippen LogP contribution >= 0.6 is 34.2 Å². The Labute approximate surface area is 130 Å². The van der Waals surface area contributed by atoms with Gasteiger partial charge in [0.25, 0.3) is 0 Å². The van der Waals surface area contributed by atoms with Gasteiger partial charge in [-0.2, -0.15) is 0 Å². The number of anilines is 1. The lowest BCUT2D eigenvalue weighted by Crippen LogP contribution is -2.07. The Kier molecular flexibility index (Phi) is 4.99.